The first kappa shape index (κ1) is 21.2. The molecule has 2 aromatic carbocycles. The van der Waals surface area contributed by atoms with Gasteiger partial charge in [0, 0.05) is 41.7 Å². The van der Waals surface area contributed by atoms with Crippen LogP contribution in [0.2, 0.25) is 5.02 Å². The van der Waals surface area contributed by atoms with Crippen molar-refractivity contribution in [3.8, 4) is 0 Å². The van der Waals surface area contributed by atoms with E-state index in [0.717, 1.165) is 40.1 Å². The zero-order valence-corrected chi connectivity index (χ0v) is 18.1. The van der Waals surface area contributed by atoms with Crippen LogP contribution >= 0.6 is 23.4 Å². The molecule has 0 aliphatic carbocycles. The Morgan fingerprint density at radius 2 is 2.00 bits per heavy atom. The molecule has 1 saturated heterocycles. The maximum absolute atomic E-state index is 12.3. The second kappa shape index (κ2) is 10.9. The van der Waals surface area contributed by atoms with Gasteiger partial charge in [0.2, 0.25) is 0 Å². The van der Waals surface area contributed by atoms with Gasteiger partial charge in [-0.2, -0.15) is 11.8 Å². The lowest BCUT2D eigenvalue weighted by molar-refractivity contribution is 0.0956. The molecular formula is C23H29ClN2OS. The van der Waals surface area contributed by atoms with Crippen molar-refractivity contribution in [1.82, 2.24) is 10.2 Å². The number of hydrogen-bond acceptors (Lipinski definition) is 3. The summed E-state index contributed by atoms with van der Waals surface area (Å²) >= 11 is 7.94. The Labute approximate surface area is 177 Å². The van der Waals surface area contributed by atoms with E-state index in [4.69, 9.17) is 11.6 Å². The lowest BCUT2D eigenvalue weighted by atomic mass is 9.99. The van der Waals surface area contributed by atoms with Crippen molar-refractivity contribution in [2.45, 2.75) is 32.1 Å². The van der Waals surface area contributed by atoms with Crippen molar-refractivity contribution in [2.24, 2.45) is 5.92 Å². The SMILES string of the molecule is C[C@H]1CCCN(Cc2ccc(C(=O)NCCSCc3ccccc3Cl)cc2)C1. The van der Waals surface area contributed by atoms with Crippen LogP contribution in [0.5, 0.6) is 0 Å². The summed E-state index contributed by atoms with van der Waals surface area (Å²) in [6, 6.07) is 15.9. The van der Waals surface area contributed by atoms with E-state index < -0.39 is 0 Å². The predicted octanol–water partition coefficient (Wildman–Crippen LogP) is 5.24. The Hall–Kier alpha value is -1.49. The molecule has 0 spiro atoms. The molecule has 2 aromatic rings. The van der Waals surface area contributed by atoms with Crippen LogP contribution in [0, 0.1) is 5.92 Å². The highest BCUT2D eigenvalue weighted by atomic mass is 35.5. The van der Waals surface area contributed by atoms with Gasteiger partial charge in [0.25, 0.3) is 5.91 Å². The van der Waals surface area contributed by atoms with Crippen LogP contribution in [-0.2, 0) is 12.3 Å². The van der Waals surface area contributed by atoms with Crippen LogP contribution in [0.3, 0.4) is 0 Å². The summed E-state index contributed by atoms with van der Waals surface area (Å²) in [5.41, 5.74) is 3.15. The number of nitrogens with one attached hydrogen (secondary N) is 1. The van der Waals surface area contributed by atoms with Gasteiger partial charge in [-0.25, -0.2) is 0 Å². The molecule has 0 radical (unpaired) electrons. The number of carbonyl (C=O) groups excluding carboxylic acids is 1. The van der Waals surface area contributed by atoms with Crippen LogP contribution < -0.4 is 5.32 Å². The summed E-state index contributed by atoms with van der Waals surface area (Å²) < 4.78 is 0. The van der Waals surface area contributed by atoms with Gasteiger partial charge in [-0.3, -0.25) is 9.69 Å². The molecule has 0 unspecified atom stereocenters. The van der Waals surface area contributed by atoms with E-state index in [2.05, 4.69) is 29.3 Å². The fraction of sp³-hybridized carbons (Fsp3) is 0.435. The highest BCUT2D eigenvalue weighted by Gasteiger charge is 2.16. The molecule has 28 heavy (non-hydrogen) atoms. The van der Waals surface area contributed by atoms with Gasteiger partial charge in [-0.15, -0.1) is 0 Å². The molecule has 1 fully saturated rings. The first-order chi connectivity index (χ1) is 13.6. The second-order valence-corrected chi connectivity index (χ2v) is 9.09. The molecular weight excluding hydrogens is 388 g/mol. The van der Waals surface area contributed by atoms with Crippen LogP contribution in [0.25, 0.3) is 0 Å². The number of amides is 1. The van der Waals surface area contributed by atoms with Crippen LogP contribution in [-0.4, -0.2) is 36.2 Å². The topological polar surface area (TPSA) is 32.3 Å². The van der Waals surface area contributed by atoms with E-state index >= 15 is 0 Å². The van der Waals surface area contributed by atoms with E-state index in [9.17, 15) is 4.79 Å². The Morgan fingerprint density at radius 1 is 1.21 bits per heavy atom. The van der Waals surface area contributed by atoms with Gasteiger partial charge in [-0.1, -0.05) is 48.9 Å². The molecule has 0 aromatic heterocycles. The van der Waals surface area contributed by atoms with Crippen molar-refractivity contribution in [2.75, 3.05) is 25.4 Å². The zero-order valence-electron chi connectivity index (χ0n) is 16.5. The Kier molecular flexibility index (Phi) is 8.26. The smallest absolute Gasteiger partial charge is 0.251 e. The van der Waals surface area contributed by atoms with Crippen LogP contribution in [0.15, 0.2) is 48.5 Å². The number of piperidine rings is 1. The lowest BCUT2D eigenvalue weighted by Crippen LogP contribution is -2.33. The average Bonchev–Trinajstić information content (AvgIpc) is 2.69. The molecule has 1 aliphatic heterocycles. The Balaban J connectivity index is 1.38. The van der Waals surface area contributed by atoms with Gasteiger partial charge in [0.05, 0.1) is 0 Å². The summed E-state index contributed by atoms with van der Waals surface area (Å²) in [4.78, 5) is 14.8. The van der Waals surface area contributed by atoms with Crippen LogP contribution in [0.1, 0.15) is 41.3 Å². The number of halogens is 1. The summed E-state index contributed by atoms with van der Waals surface area (Å²) in [6.07, 6.45) is 2.63. The maximum Gasteiger partial charge on any atom is 0.251 e. The molecule has 1 N–H and O–H groups in total. The molecule has 3 nitrogen and oxygen atoms in total. The second-order valence-electron chi connectivity index (χ2n) is 7.58. The van der Waals surface area contributed by atoms with Crippen LogP contribution in [0.4, 0.5) is 0 Å². The largest absolute Gasteiger partial charge is 0.351 e. The highest BCUT2D eigenvalue weighted by Crippen LogP contribution is 2.20. The third-order valence-electron chi connectivity index (χ3n) is 5.11. The molecule has 0 bridgehead atoms. The average molecular weight is 417 g/mol. The fourth-order valence-electron chi connectivity index (χ4n) is 3.59. The maximum atomic E-state index is 12.3. The Morgan fingerprint density at radius 3 is 2.75 bits per heavy atom. The molecule has 1 amide bonds. The van der Waals surface area contributed by atoms with Gasteiger partial charge < -0.3 is 5.32 Å². The first-order valence-electron chi connectivity index (χ1n) is 10.0. The highest BCUT2D eigenvalue weighted by molar-refractivity contribution is 7.98. The summed E-state index contributed by atoms with van der Waals surface area (Å²) in [5.74, 6) is 2.51. The number of nitrogens with zero attached hydrogens (tertiary/aromatic N) is 1. The minimum Gasteiger partial charge on any atom is -0.351 e. The number of carbonyl (C=O) groups is 1. The number of likely N-dealkylation sites (tertiary alicyclic amines) is 1. The van der Waals surface area contributed by atoms with E-state index in [1.165, 1.54) is 31.5 Å². The predicted molar refractivity (Wildman–Crippen MR) is 120 cm³/mol. The van der Waals surface area contributed by atoms with Crippen molar-refractivity contribution >= 4 is 29.3 Å². The third-order valence-corrected chi connectivity index (χ3v) is 6.49. The zero-order chi connectivity index (χ0) is 19.8. The van der Waals surface area contributed by atoms with Crippen molar-refractivity contribution in [3.63, 3.8) is 0 Å². The molecule has 5 heteroatoms. The Bertz CT molecular complexity index is 765. The quantitative estimate of drug-likeness (QED) is 0.597. The molecule has 1 aliphatic rings. The molecule has 1 atom stereocenters. The third kappa shape index (κ3) is 6.54. The monoisotopic (exact) mass is 416 g/mol. The normalized spacial score (nSPS) is 17.4. The van der Waals surface area contributed by atoms with Crippen molar-refractivity contribution in [3.05, 3.63) is 70.2 Å². The fourth-order valence-corrected chi connectivity index (χ4v) is 4.73. The van der Waals surface area contributed by atoms with Gasteiger partial charge in [0.1, 0.15) is 0 Å². The molecule has 1 heterocycles. The van der Waals surface area contributed by atoms with Crippen molar-refractivity contribution in [1.29, 1.82) is 0 Å². The van der Waals surface area contributed by atoms with Gasteiger partial charge >= 0.3 is 0 Å². The molecule has 3 rings (SSSR count). The summed E-state index contributed by atoms with van der Waals surface area (Å²) in [6.45, 7) is 6.31. The van der Waals surface area contributed by atoms with E-state index in [0.29, 0.717) is 6.54 Å². The lowest BCUT2D eigenvalue weighted by Gasteiger charge is -2.30. The van der Waals surface area contributed by atoms with Gasteiger partial charge in [-0.05, 0) is 54.6 Å². The number of benzene rings is 2. The number of thioether (sulfide) groups is 1. The van der Waals surface area contributed by atoms with E-state index in [1.54, 1.807) is 11.8 Å². The summed E-state index contributed by atoms with van der Waals surface area (Å²) in [5, 5.41) is 3.81. The van der Waals surface area contributed by atoms with Gasteiger partial charge in [0.15, 0.2) is 0 Å². The minimum atomic E-state index is -0.00325. The minimum absolute atomic E-state index is 0.00325. The summed E-state index contributed by atoms with van der Waals surface area (Å²) in [7, 11) is 0. The van der Waals surface area contributed by atoms with Crippen molar-refractivity contribution < 1.29 is 4.79 Å². The number of rotatable bonds is 8. The number of hydrogen-bond donors (Lipinski definition) is 1. The van der Waals surface area contributed by atoms with E-state index in [1.807, 2.05) is 36.4 Å². The molecule has 0 saturated carbocycles. The molecule has 150 valence electrons. The van der Waals surface area contributed by atoms with E-state index in [-0.39, 0.29) is 5.91 Å². The standard InChI is InChI=1S/C23H29ClN2OS/c1-18-5-4-13-26(15-18)16-19-8-10-20(11-9-19)23(27)25-12-14-28-17-21-6-2-3-7-22(21)24/h2-3,6-11,18H,4-5,12-17H2,1H3,(H,25,27)/t18-/m0/s1. The first-order valence-corrected chi connectivity index (χ1v) is 11.6.